The Bertz CT molecular complexity index is 941. The molecule has 0 spiro atoms. The maximum Gasteiger partial charge on any atom is 0.408 e. The fourth-order valence-electron chi connectivity index (χ4n) is 3.32. The van der Waals surface area contributed by atoms with E-state index >= 15 is 0 Å². The van der Waals surface area contributed by atoms with Gasteiger partial charge in [0.05, 0.1) is 7.11 Å². The Hall–Kier alpha value is -3.54. The zero-order valence-corrected chi connectivity index (χ0v) is 21.8. The van der Waals surface area contributed by atoms with Crippen LogP contribution in [-0.4, -0.2) is 60.1 Å². The predicted molar refractivity (Wildman–Crippen MR) is 132 cm³/mol. The molecule has 9 nitrogen and oxygen atoms in total. The molecule has 1 rings (SSSR count). The quantitative estimate of drug-likeness (QED) is 0.409. The second kappa shape index (κ2) is 12.8. The first-order valence-corrected chi connectivity index (χ1v) is 11.4. The molecule has 2 N–H and O–H groups in total. The molecule has 0 bridgehead atoms. The van der Waals surface area contributed by atoms with Gasteiger partial charge in [0.2, 0.25) is 11.8 Å². The summed E-state index contributed by atoms with van der Waals surface area (Å²) in [5, 5.41) is 5.18. The number of amides is 3. The number of benzene rings is 1. The van der Waals surface area contributed by atoms with Gasteiger partial charge in [-0.05, 0) is 58.2 Å². The zero-order valence-electron chi connectivity index (χ0n) is 21.8. The summed E-state index contributed by atoms with van der Waals surface area (Å²) in [5.41, 5.74) is 0.353. The number of carbonyl (C=O) groups is 4. The van der Waals surface area contributed by atoms with E-state index in [1.54, 1.807) is 72.7 Å². The highest BCUT2D eigenvalue weighted by atomic mass is 16.6. The maximum absolute atomic E-state index is 13.8. The molecule has 0 aliphatic rings. The van der Waals surface area contributed by atoms with Gasteiger partial charge in [-0.25, -0.2) is 4.79 Å². The highest BCUT2D eigenvalue weighted by molar-refractivity contribution is 5.93. The van der Waals surface area contributed by atoms with Gasteiger partial charge in [0, 0.05) is 11.6 Å². The molecule has 9 heteroatoms. The van der Waals surface area contributed by atoms with Crippen LogP contribution < -0.4 is 10.6 Å². The average Bonchev–Trinajstić information content (AvgIpc) is 2.77. The lowest BCUT2D eigenvalue weighted by molar-refractivity contribution is -0.146. The lowest BCUT2D eigenvalue weighted by atomic mass is 9.97. The third-order valence-corrected chi connectivity index (χ3v) is 4.97. The molecule has 0 fully saturated rings. The molecule has 0 aromatic heterocycles. The number of nitrogens with one attached hydrogen (secondary N) is 2. The predicted octanol–water partition coefficient (Wildman–Crippen LogP) is 2.78. The van der Waals surface area contributed by atoms with Gasteiger partial charge in [-0.15, -0.1) is 6.42 Å². The summed E-state index contributed by atoms with van der Waals surface area (Å²) in [5.74, 6) is 0.527. The minimum absolute atomic E-state index is 0.307. The first-order chi connectivity index (χ1) is 16.2. The van der Waals surface area contributed by atoms with Crippen LogP contribution in [-0.2, 0) is 23.9 Å². The molecule has 2 atom stereocenters. The Morgan fingerprint density at radius 2 is 1.63 bits per heavy atom. The van der Waals surface area contributed by atoms with Crippen molar-refractivity contribution in [1.29, 1.82) is 0 Å². The minimum atomic E-state index is -1.10. The number of alkyl carbamates (subject to hydrolysis) is 1. The van der Waals surface area contributed by atoms with Crippen molar-refractivity contribution < 1.29 is 28.7 Å². The molecule has 192 valence electrons. The summed E-state index contributed by atoms with van der Waals surface area (Å²) in [6.45, 7) is 11.9. The number of ether oxygens (including phenoxy) is 2. The average molecular weight is 488 g/mol. The Balaban J connectivity index is 3.44. The fraction of sp³-hybridized carbons (Fsp3) is 0.538. The Kier molecular flexibility index (Phi) is 10.8. The molecule has 3 amide bonds. The lowest BCUT2D eigenvalue weighted by Crippen LogP contribution is -2.56. The molecular weight excluding hydrogens is 450 g/mol. The molecule has 2 unspecified atom stereocenters. The monoisotopic (exact) mass is 487 g/mol. The summed E-state index contributed by atoms with van der Waals surface area (Å²) in [4.78, 5) is 52.6. The second-order valence-corrected chi connectivity index (χ2v) is 9.67. The van der Waals surface area contributed by atoms with E-state index in [4.69, 9.17) is 11.2 Å². The van der Waals surface area contributed by atoms with Crippen LogP contribution in [0.15, 0.2) is 24.3 Å². The fourth-order valence-corrected chi connectivity index (χ4v) is 3.32. The van der Waals surface area contributed by atoms with Crippen molar-refractivity contribution in [2.24, 2.45) is 5.92 Å². The van der Waals surface area contributed by atoms with E-state index in [0.717, 1.165) is 0 Å². The number of carbonyl (C=O) groups excluding carboxylic acids is 4. The highest BCUT2D eigenvalue weighted by Crippen LogP contribution is 2.26. The summed E-state index contributed by atoms with van der Waals surface area (Å²) in [7, 11) is 1.21. The van der Waals surface area contributed by atoms with E-state index < -0.39 is 47.6 Å². The largest absolute Gasteiger partial charge is 0.468 e. The van der Waals surface area contributed by atoms with Gasteiger partial charge in [0.25, 0.3) is 0 Å². The Morgan fingerprint density at radius 3 is 2.06 bits per heavy atom. The molecule has 0 radical (unpaired) electrons. The van der Waals surface area contributed by atoms with E-state index in [2.05, 4.69) is 21.3 Å². The summed E-state index contributed by atoms with van der Waals surface area (Å²) < 4.78 is 9.94. The number of terminal acetylenes is 1. The number of nitrogens with zero attached hydrogens (tertiary/aromatic N) is 1. The summed E-state index contributed by atoms with van der Waals surface area (Å²) in [6.07, 6.45) is 4.72. The van der Waals surface area contributed by atoms with Gasteiger partial charge in [0.15, 0.2) is 0 Å². The standard InChI is InChI=1S/C26H37N3O6/c1-10-18-11-13-19(14-12-18)22(23(31)27-15-20(30)34-9)29(17(4)5)24(32)21(16(2)3)28-25(33)35-26(6,7)8/h1,11-14,16-17,21-22H,15H2,2-9H3,(H,27,31)(H,28,33). The van der Waals surface area contributed by atoms with Gasteiger partial charge in [0.1, 0.15) is 24.2 Å². The molecule has 1 aromatic rings. The summed E-state index contributed by atoms with van der Waals surface area (Å²) in [6, 6.07) is 4.15. The topological polar surface area (TPSA) is 114 Å². The highest BCUT2D eigenvalue weighted by Gasteiger charge is 2.39. The van der Waals surface area contributed by atoms with Crippen molar-refractivity contribution in [3.63, 3.8) is 0 Å². The number of hydrogen-bond donors (Lipinski definition) is 2. The number of rotatable bonds is 9. The van der Waals surface area contributed by atoms with Gasteiger partial charge in [-0.1, -0.05) is 31.9 Å². The van der Waals surface area contributed by atoms with Crippen LogP contribution >= 0.6 is 0 Å². The maximum atomic E-state index is 13.8. The van der Waals surface area contributed by atoms with Crippen LogP contribution in [0, 0.1) is 18.3 Å². The van der Waals surface area contributed by atoms with E-state index in [0.29, 0.717) is 11.1 Å². The molecular formula is C26H37N3O6. The second-order valence-electron chi connectivity index (χ2n) is 9.67. The third-order valence-electron chi connectivity index (χ3n) is 4.97. The molecule has 0 aliphatic carbocycles. The lowest BCUT2D eigenvalue weighted by Gasteiger charge is -2.38. The van der Waals surface area contributed by atoms with Crippen LogP contribution in [0.3, 0.4) is 0 Å². The van der Waals surface area contributed by atoms with Crippen LogP contribution in [0.4, 0.5) is 4.79 Å². The van der Waals surface area contributed by atoms with E-state index in [-0.39, 0.29) is 12.5 Å². The minimum Gasteiger partial charge on any atom is -0.468 e. The van der Waals surface area contributed by atoms with Crippen molar-refractivity contribution in [3.05, 3.63) is 35.4 Å². The molecule has 0 aliphatic heterocycles. The van der Waals surface area contributed by atoms with Crippen molar-refractivity contribution in [3.8, 4) is 12.3 Å². The molecule has 0 heterocycles. The van der Waals surface area contributed by atoms with Crippen LogP contribution in [0.1, 0.15) is 65.6 Å². The van der Waals surface area contributed by atoms with Gasteiger partial charge in [-0.3, -0.25) is 14.4 Å². The van der Waals surface area contributed by atoms with Crippen LogP contribution in [0.5, 0.6) is 0 Å². The van der Waals surface area contributed by atoms with E-state index in [1.165, 1.54) is 12.0 Å². The number of hydrogen-bond acceptors (Lipinski definition) is 6. The van der Waals surface area contributed by atoms with Crippen molar-refractivity contribution in [1.82, 2.24) is 15.5 Å². The number of esters is 1. The van der Waals surface area contributed by atoms with Crippen molar-refractivity contribution >= 4 is 23.9 Å². The third kappa shape index (κ3) is 8.96. The summed E-state index contributed by atoms with van der Waals surface area (Å²) >= 11 is 0. The smallest absolute Gasteiger partial charge is 0.408 e. The Labute approximate surface area is 207 Å². The Morgan fingerprint density at radius 1 is 1.06 bits per heavy atom. The zero-order chi connectivity index (χ0) is 26.9. The molecule has 0 saturated carbocycles. The molecule has 35 heavy (non-hydrogen) atoms. The van der Waals surface area contributed by atoms with Crippen molar-refractivity contribution in [2.75, 3.05) is 13.7 Å². The van der Waals surface area contributed by atoms with E-state index in [9.17, 15) is 19.2 Å². The number of methoxy groups -OCH3 is 1. The normalized spacial score (nSPS) is 12.8. The molecule has 0 saturated heterocycles. The van der Waals surface area contributed by atoms with Gasteiger partial charge >= 0.3 is 12.1 Å². The van der Waals surface area contributed by atoms with Crippen LogP contribution in [0.25, 0.3) is 0 Å². The van der Waals surface area contributed by atoms with Crippen molar-refractivity contribution in [2.45, 2.75) is 72.2 Å². The first-order valence-electron chi connectivity index (χ1n) is 11.4. The first kappa shape index (κ1) is 29.5. The van der Waals surface area contributed by atoms with Gasteiger partial charge < -0.3 is 25.0 Å². The SMILES string of the molecule is C#Cc1ccc(C(C(=O)NCC(=O)OC)N(C(=O)C(NC(=O)OC(C)(C)C)C(C)C)C(C)C)cc1. The van der Waals surface area contributed by atoms with Gasteiger partial charge in [-0.2, -0.15) is 0 Å². The van der Waals surface area contributed by atoms with Crippen LogP contribution in [0.2, 0.25) is 0 Å². The van der Waals surface area contributed by atoms with E-state index in [1.807, 2.05) is 0 Å². The molecule has 1 aromatic carbocycles.